The normalized spacial score (nSPS) is 17.9. The number of aliphatic hydroxyl groups is 1. The Bertz CT molecular complexity index is 297. The van der Waals surface area contributed by atoms with Crippen molar-refractivity contribution in [1.82, 2.24) is 10.2 Å². The highest BCUT2D eigenvalue weighted by molar-refractivity contribution is 6.35. The number of carbonyl (C=O) groups excluding carboxylic acids is 2. The van der Waals surface area contributed by atoms with Crippen LogP contribution in [0.5, 0.6) is 0 Å². The minimum absolute atomic E-state index is 0.159. The summed E-state index contributed by atoms with van der Waals surface area (Å²) in [5.74, 6) is -1.51. The second-order valence-electron chi connectivity index (χ2n) is 3.50. The van der Waals surface area contributed by atoms with Gasteiger partial charge in [-0.3, -0.25) is 9.59 Å². The van der Waals surface area contributed by atoms with Gasteiger partial charge in [0.1, 0.15) is 6.54 Å². The number of hydrogen-bond acceptors (Lipinski definition) is 4. The second-order valence-corrected chi connectivity index (χ2v) is 3.50. The third-order valence-electron chi connectivity index (χ3n) is 1.87. The quantitative estimate of drug-likeness (QED) is 0.384. The molecule has 1 fully saturated rings. The Morgan fingerprint density at radius 2 is 2.21 bits per heavy atom. The molecule has 0 aromatic heterocycles. The van der Waals surface area contributed by atoms with Crippen LogP contribution in [-0.2, 0) is 9.59 Å². The Morgan fingerprint density at radius 1 is 1.64 bits per heavy atom. The maximum atomic E-state index is 11.2. The van der Waals surface area contributed by atoms with E-state index >= 15 is 0 Å². The van der Waals surface area contributed by atoms with E-state index in [1.807, 2.05) is 0 Å². The molecule has 1 rings (SSSR count). The van der Waals surface area contributed by atoms with Crippen LogP contribution in [0, 0.1) is 11.3 Å². The largest absolute Gasteiger partial charge is 0.386 e. The molecule has 0 saturated carbocycles. The lowest BCUT2D eigenvalue weighted by molar-refractivity contribution is -0.160. The van der Waals surface area contributed by atoms with Crippen molar-refractivity contribution in [2.75, 3.05) is 19.6 Å². The summed E-state index contributed by atoms with van der Waals surface area (Å²) in [6.45, 7) is 1.72. The first kappa shape index (κ1) is 10.5. The first-order chi connectivity index (χ1) is 6.46. The van der Waals surface area contributed by atoms with Crippen LogP contribution in [0.2, 0.25) is 0 Å². The zero-order valence-corrected chi connectivity index (χ0v) is 7.78. The number of nitrogens with one attached hydrogen (secondary N) is 1. The van der Waals surface area contributed by atoms with Crippen molar-refractivity contribution in [1.29, 1.82) is 5.26 Å². The van der Waals surface area contributed by atoms with Crippen molar-refractivity contribution < 1.29 is 14.7 Å². The van der Waals surface area contributed by atoms with Gasteiger partial charge in [0.15, 0.2) is 0 Å². The Morgan fingerprint density at radius 3 is 2.64 bits per heavy atom. The van der Waals surface area contributed by atoms with Crippen LogP contribution < -0.4 is 5.32 Å². The molecule has 6 nitrogen and oxygen atoms in total. The van der Waals surface area contributed by atoms with Gasteiger partial charge in [0.25, 0.3) is 0 Å². The Labute approximate surface area is 81.1 Å². The van der Waals surface area contributed by atoms with E-state index < -0.39 is 17.4 Å². The van der Waals surface area contributed by atoms with Gasteiger partial charge >= 0.3 is 11.8 Å². The predicted octanol–water partition coefficient (Wildman–Crippen LogP) is -1.78. The van der Waals surface area contributed by atoms with Crippen LogP contribution in [0.1, 0.15) is 6.92 Å². The van der Waals surface area contributed by atoms with Gasteiger partial charge in [-0.1, -0.05) is 0 Å². The minimum Gasteiger partial charge on any atom is -0.386 e. The molecule has 1 heterocycles. The topological polar surface area (TPSA) is 93.4 Å². The van der Waals surface area contributed by atoms with E-state index in [4.69, 9.17) is 5.26 Å². The van der Waals surface area contributed by atoms with Crippen molar-refractivity contribution in [2.24, 2.45) is 0 Å². The smallest absolute Gasteiger partial charge is 0.312 e. The fourth-order valence-electron chi connectivity index (χ4n) is 1.26. The molecule has 14 heavy (non-hydrogen) atoms. The van der Waals surface area contributed by atoms with Crippen molar-refractivity contribution >= 4 is 11.8 Å². The van der Waals surface area contributed by atoms with Crippen molar-refractivity contribution in [3.8, 4) is 6.07 Å². The molecule has 1 saturated heterocycles. The highest BCUT2D eigenvalue weighted by Crippen LogP contribution is 2.19. The van der Waals surface area contributed by atoms with E-state index in [2.05, 4.69) is 5.32 Å². The molecule has 1 aliphatic heterocycles. The molecule has 0 aromatic carbocycles. The molecule has 0 aliphatic carbocycles. The Kier molecular flexibility index (Phi) is 2.72. The number of nitriles is 1. The van der Waals surface area contributed by atoms with E-state index in [1.54, 1.807) is 13.0 Å². The number of rotatable bonds is 1. The van der Waals surface area contributed by atoms with Crippen LogP contribution in [0.4, 0.5) is 0 Å². The average Bonchev–Trinajstić information content (AvgIpc) is 2.08. The zero-order chi connectivity index (χ0) is 10.8. The van der Waals surface area contributed by atoms with Gasteiger partial charge < -0.3 is 15.3 Å². The van der Waals surface area contributed by atoms with E-state index in [-0.39, 0.29) is 19.6 Å². The summed E-state index contributed by atoms with van der Waals surface area (Å²) >= 11 is 0. The summed E-state index contributed by atoms with van der Waals surface area (Å²) in [4.78, 5) is 23.5. The van der Waals surface area contributed by atoms with Crippen molar-refractivity contribution in [2.45, 2.75) is 12.5 Å². The van der Waals surface area contributed by atoms with Crippen LogP contribution in [0.25, 0.3) is 0 Å². The maximum Gasteiger partial charge on any atom is 0.312 e. The first-order valence-electron chi connectivity index (χ1n) is 4.13. The van der Waals surface area contributed by atoms with Crippen LogP contribution >= 0.6 is 0 Å². The zero-order valence-electron chi connectivity index (χ0n) is 7.78. The van der Waals surface area contributed by atoms with Gasteiger partial charge in [-0.15, -0.1) is 0 Å². The van der Waals surface area contributed by atoms with Crippen LogP contribution in [0.15, 0.2) is 0 Å². The third-order valence-corrected chi connectivity index (χ3v) is 1.87. The molecule has 6 heteroatoms. The van der Waals surface area contributed by atoms with Gasteiger partial charge in [-0.05, 0) is 6.92 Å². The molecule has 0 aromatic rings. The first-order valence-corrected chi connectivity index (χ1v) is 4.13. The molecular formula is C8H11N3O3. The molecule has 1 aliphatic rings. The monoisotopic (exact) mass is 197 g/mol. The number of likely N-dealkylation sites (tertiary alicyclic amines) is 1. The molecule has 0 spiro atoms. The lowest BCUT2D eigenvalue weighted by Crippen LogP contribution is -2.64. The predicted molar refractivity (Wildman–Crippen MR) is 45.8 cm³/mol. The minimum atomic E-state index is -0.884. The summed E-state index contributed by atoms with van der Waals surface area (Å²) in [5.41, 5.74) is -0.884. The number of carbonyl (C=O) groups is 2. The van der Waals surface area contributed by atoms with Gasteiger partial charge in [-0.25, -0.2) is 0 Å². The second kappa shape index (κ2) is 3.64. The van der Waals surface area contributed by atoms with Crippen molar-refractivity contribution in [3.63, 3.8) is 0 Å². The Hall–Kier alpha value is -1.61. The summed E-state index contributed by atoms with van der Waals surface area (Å²) in [5, 5.41) is 19.6. The average molecular weight is 197 g/mol. The number of β-amino-alcohol motifs (C(OH)–C–C–N with tert-alkyl or cyclic N) is 1. The fraction of sp³-hybridized carbons (Fsp3) is 0.625. The summed E-state index contributed by atoms with van der Waals surface area (Å²) in [7, 11) is 0. The molecule has 0 atom stereocenters. The number of nitrogens with zero attached hydrogens (tertiary/aromatic N) is 2. The van der Waals surface area contributed by atoms with E-state index in [0.29, 0.717) is 0 Å². The van der Waals surface area contributed by atoms with Crippen LogP contribution in [0.3, 0.4) is 0 Å². The van der Waals surface area contributed by atoms with Gasteiger partial charge in [0, 0.05) is 0 Å². The van der Waals surface area contributed by atoms with Gasteiger partial charge in [0.05, 0.1) is 24.8 Å². The SMILES string of the molecule is CC1(O)CN(C(=O)C(=O)NCC#N)C1. The molecule has 0 unspecified atom stereocenters. The molecule has 2 N–H and O–H groups in total. The lowest BCUT2D eigenvalue weighted by atomic mass is 9.97. The van der Waals surface area contributed by atoms with E-state index in [0.717, 1.165) is 0 Å². The summed E-state index contributed by atoms with van der Waals surface area (Å²) < 4.78 is 0. The van der Waals surface area contributed by atoms with Gasteiger partial charge in [-0.2, -0.15) is 5.26 Å². The molecular weight excluding hydrogens is 186 g/mol. The highest BCUT2D eigenvalue weighted by atomic mass is 16.3. The van der Waals surface area contributed by atoms with Gasteiger partial charge in [0.2, 0.25) is 0 Å². The third kappa shape index (κ3) is 2.20. The standard InChI is InChI=1S/C8H11N3O3/c1-8(14)4-11(5-8)7(13)6(12)10-3-2-9/h14H,3-5H2,1H3,(H,10,12). The highest BCUT2D eigenvalue weighted by Gasteiger charge is 2.41. The van der Waals surface area contributed by atoms with E-state index in [9.17, 15) is 14.7 Å². The van der Waals surface area contributed by atoms with Crippen molar-refractivity contribution in [3.05, 3.63) is 0 Å². The molecule has 76 valence electrons. The molecule has 0 bridgehead atoms. The number of amides is 2. The number of hydrogen-bond donors (Lipinski definition) is 2. The molecule has 2 amide bonds. The van der Waals surface area contributed by atoms with Crippen LogP contribution in [-0.4, -0.2) is 47.1 Å². The lowest BCUT2D eigenvalue weighted by Gasteiger charge is -2.43. The maximum absolute atomic E-state index is 11.2. The molecule has 0 radical (unpaired) electrons. The summed E-state index contributed by atoms with van der Waals surface area (Å²) in [6.07, 6.45) is 0. The summed E-state index contributed by atoms with van der Waals surface area (Å²) in [6, 6.07) is 1.69. The fourth-order valence-corrected chi connectivity index (χ4v) is 1.26. The Balaban J connectivity index is 2.37. The van der Waals surface area contributed by atoms with E-state index in [1.165, 1.54) is 4.90 Å².